The maximum absolute atomic E-state index is 14.6. The molecule has 0 fully saturated rings. The number of benzene rings is 4. The molecule has 0 atom stereocenters. The van der Waals surface area contributed by atoms with Crippen LogP contribution in [0, 0.1) is 35.1 Å². The van der Waals surface area contributed by atoms with Gasteiger partial charge in [-0.2, -0.15) is 0 Å². The molecule has 4 rings (SSSR count). The normalized spacial score (nSPS) is 10.8. The van der Waals surface area contributed by atoms with Crippen molar-refractivity contribution in [3.8, 4) is 11.8 Å². The van der Waals surface area contributed by atoms with Crippen LogP contribution in [0.3, 0.4) is 0 Å². The molecular weight excluding hydrogens is 412 g/mol. The molecule has 4 aromatic rings. The van der Waals surface area contributed by atoms with Gasteiger partial charge in [0.15, 0.2) is 0 Å². The average molecular weight is 432 g/mol. The molecule has 0 heterocycles. The Morgan fingerprint density at radius 1 is 0.625 bits per heavy atom. The van der Waals surface area contributed by atoms with Gasteiger partial charge in [0, 0.05) is 5.56 Å². The second-order valence-electron chi connectivity index (χ2n) is 7.67. The second-order valence-corrected chi connectivity index (χ2v) is 7.67. The van der Waals surface area contributed by atoms with Crippen molar-refractivity contribution >= 4 is 10.8 Å². The van der Waals surface area contributed by atoms with Crippen molar-refractivity contribution < 1.29 is 17.6 Å². The monoisotopic (exact) mass is 432 g/mol. The van der Waals surface area contributed by atoms with Crippen molar-refractivity contribution in [3.05, 3.63) is 118 Å². The van der Waals surface area contributed by atoms with Crippen molar-refractivity contribution in [1.29, 1.82) is 0 Å². The molecule has 0 unspecified atom stereocenters. The fourth-order valence-corrected chi connectivity index (χ4v) is 3.61. The highest BCUT2D eigenvalue weighted by atomic mass is 19.1. The Morgan fingerprint density at radius 3 is 2.03 bits per heavy atom. The average Bonchev–Trinajstić information content (AvgIpc) is 2.77. The van der Waals surface area contributed by atoms with E-state index in [2.05, 4.69) is 11.8 Å². The Morgan fingerprint density at radius 2 is 1.31 bits per heavy atom. The highest BCUT2D eigenvalue weighted by molar-refractivity contribution is 5.84. The van der Waals surface area contributed by atoms with Crippen LogP contribution in [-0.4, -0.2) is 0 Å². The van der Waals surface area contributed by atoms with Crippen LogP contribution in [0.1, 0.15) is 34.7 Å². The van der Waals surface area contributed by atoms with Gasteiger partial charge < -0.3 is 0 Å². The highest BCUT2D eigenvalue weighted by Crippen LogP contribution is 2.20. The molecule has 0 saturated carbocycles. The fourth-order valence-electron chi connectivity index (χ4n) is 3.61. The number of halogens is 4. The molecule has 0 N–H and O–H groups in total. The molecule has 0 aromatic heterocycles. The molecule has 0 saturated heterocycles. The van der Waals surface area contributed by atoms with Crippen molar-refractivity contribution in [3.63, 3.8) is 0 Å². The molecule has 4 heteroatoms. The zero-order valence-corrected chi connectivity index (χ0v) is 17.5. The van der Waals surface area contributed by atoms with Crippen LogP contribution in [0.5, 0.6) is 0 Å². The maximum Gasteiger partial charge on any atom is 0.142 e. The molecule has 0 spiro atoms. The number of hydrogen-bond acceptors (Lipinski definition) is 0. The first kappa shape index (κ1) is 21.6. The first-order chi connectivity index (χ1) is 15.4. The van der Waals surface area contributed by atoms with Crippen molar-refractivity contribution in [2.24, 2.45) is 0 Å². The Bertz CT molecular complexity index is 1340. The second kappa shape index (κ2) is 9.28. The van der Waals surface area contributed by atoms with Crippen LogP contribution < -0.4 is 0 Å². The van der Waals surface area contributed by atoms with E-state index >= 15 is 0 Å². The summed E-state index contributed by atoms with van der Waals surface area (Å²) in [6.07, 6.45) is 1.40. The summed E-state index contributed by atoms with van der Waals surface area (Å²) in [5.74, 6) is 3.20. The Balaban J connectivity index is 1.53. The number of hydrogen-bond donors (Lipinski definition) is 0. The van der Waals surface area contributed by atoms with Crippen LogP contribution >= 0.6 is 0 Å². The van der Waals surface area contributed by atoms with Gasteiger partial charge in [-0.05, 0) is 89.2 Å². The smallest absolute Gasteiger partial charge is 0.142 e. The fraction of sp³-hybridized carbons (Fsp3) is 0.143. The minimum atomic E-state index is -0.753. The lowest BCUT2D eigenvalue weighted by atomic mass is 10.0. The molecule has 32 heavy (non-hydrogen) atoms. The summed E-state index contributed by atoms with van der Waals surface area (Å²) in [7, 11) is 0. The maximum atomic E-state index is 14.6. The topological polar surface area (TPSA) is 0 Å². The van der Waals surface area contributed by atoms with Gasteiger partial charge in [0.2, 0.25) is 0 Å². The van der Waals surface area contributed by atoms with E-state index in [-0.39, 0.29) is 17.2 Å². The molecule has 0 radical (unpaired) electrons. The zero-order valence-electron chi connectivity index (χ0n) is 17.5. The molecule has 0 aliphatic rings. The predicted octanol–water partition coefficient (Wildman–Crippen LogP) is 7.14. The number of rotatable bonds is 4. The zero-order chi connectivity index (χ0) is 22.7. The van der Waals surface area contributed by atoms with E-state index in [0.29, 0.717) is 29.5 Å². The Hall–Kier alpha value is -3.58. The third-order valence-electron chi connectivity index (χ3n) is 5.44. The van der Waals surface area contributed by atoms with Gasteiger partial charge in [-0.15, -0.1) is 0 Å². The molecule has 0 bridgehead atoms. The Labute approximate surface area is 184 Å². The van der Waals surface area contributed by atoms with Gasteiger partial charge in [0.1, 0.15) is 23.3 Å². The van der Waals surface area contributed by atoms with Crippen LogP contribution in [0.15, 0.2) is 66.7 Å². The number of fused-ring (bicyclic) bond motifs is 1. The van der Waals surface area contributed by atoms with Gasteiger partial charge in [0.05, 0.1) is 5.56 Å². The van der Waals surface area contributed by atoms with Crippen molar-refractivity contribution in [1.82, 2.24) is 0 Å². The van der Waals surface area contributed by atoms with Crippen molar-refractivity contribution in [2.45, 2.75) is 26.2 Å². The van der Waals surface area contributed by atoms with E-state index < -0.39 is 11.6 Å². The van der Waals surface area contributed by atoms with E-state index in [1.165, 1.54) is 30.3 Å². The van der Waals surface area contributed by atoms with E-state index in [1.54, 1.807) is 30.3 Å². The van der Waals surface area contributed by atoms with E-state index in [4.69, 9.17) is 0 Å². The van der Waals surface area contributed by atoms with Gasteiger partial charge in [-0.3, -0.25) is 0 Å². The largest absolute Gasteiger partial charge is 0.207 e. The van der Waals surface area contributed by atoms with Crippen molar-refractivity contribution in [2.75, 3.05) is 0 Å². The lowest BCUT2D eigenvalue weighted by Crippen LogP contribution is -1.99. The lowest BCUT2D eigenvalue weighted by Gasteiger charge is -2.07. The minimum Gasteiger partial charge on any atom is -0.207 e. The SMILES string of the molecule is CCc1ccc(CCc2cc(F)c(C#Cc3ccc4cc(F)ccc4c3)c(F)c2)c(F)c1. The van der Waals surface area contributed by atoms with Gasteiger partial charge >= 0.3 is 0 Å². The third kappa shape index (κ3) is 4.84. The molecule has 0 amide bonds. The van der Waals surface area contributed by atoms with Gasteiger partial charge in [-0.1, -0.05) is 43.0 Å². The molecule has 0 nitrogen and oxygen atoms in total. The van der Waals surface area contributed by atoms with Crippen LogP contribution in [0.2, 0.25) is 0 Å². The molecule has 4 aromatic carbocycles. The van der Waals surface area contributed by atoms with Gasteiger partial charge in [-0.25, -0.2) is 17.6 Å². The standard InChI is InChI=1S/C28H20F4/c1-2-18-3-7-21(26(30)14-18)8-5-20-15-27(31)25(28(32)16-20)12-6-19-4-9-23-17-24(29)11-10-22(23)13-19/h3-4,7,9-11,13-17H,2,5,8H2,1H3. The summed E-state index contributed by atoms with van der Waals surface area (Å²) in [5.41, 5.74) is 2.12. The minimum absolute atomic E-state index is 0.300. The lowest BCUT2D eigenvalue weighted by molar-refractivity contribution is 0.573. The van der Waals surface area contributed by atoms with E-state index in [9.17, 15) is 17.6 Å². The summed E-state index contributed by atoms with van der Waals surface area (Å²) in [4.78, 5) is 0. The Kier molecular flexibility index (Phi) is 6.28. The van der Waals surface area contributed by atoms with Gasteiger partial charge in [0.25, 0.3) is 0 Å². The molecular formula is C28H20F4. The predicted molar refractivity (Wildman–Crippen MR) is 119 cm³/mol. The molecule has 0 aliphatic heterocycles. The first-order valence-corrected chi connectivity index (χ1v) is 10.4. The summed E-state index contributed by atoms with van der Waals surface area (Å²) >= 11 is 0. The van der Waals surface area contributed by atoms with E-state index in [0.717, 1.165) is 22.8 Å². The quantitative estimate of drug-likeness (QED) is 0.237. The summed E-state index contributed by atoms with van der Waals surface area (Å²) in [6.45, 7) is 1.95. The first-order valence-electron chi connectivity index (χ1n) is 10.4. The van der Waals surface area contributed by atoms with Crippen LogP contribution in [0.25, 0.3) is 10.8 Å². The van der Waals surface area contributed by atoms with Crippen LogP contribution in [-0.2, 0) is 19.3 Å². The van der Waals surface area contributed by atoms with E-state index in [1.807, 2.05) is 13.0 Å². The van der Waals surface area contributed by atoms with Crippen LogP contribution in [0.4, 0.5) is 17.6 Å². The summed E-state index contributed by atoms with van der Waals surface area (Å²) < 4.78 is 56.6. The highest BCUT2D eigenvalue weighted by Gasteiger charge is 2.11. The summed E-state index contributed by atoms with van der Waals surface area (Å²) in [6, 6.07) is 17.1. The summed E-state index contributed by atoms with van der Waals surface area (Å²) in [5, 5.41) is 1.51. The third-order valence-corrected chi connectivity index (χ3v) is 5.44. The number of aryl methyl sites for hydroxylation is 3. The molecule has 160 valence electrons. The molecule has 0 aliphatic carbocycles.